The summed E-state index contributed by atoms with van der Waals surface area (Å²) < 4.78 is 19.2. The SMILES string of the molecule is C[C@]1(c2ccc(Br)cc2F)CO1. The van der Waals surface area contributed by atoms with Crippen molar-refractivity contribution < 1.29 is 9.13 Å². The molecule has 1 saturated heterocycles. The lowest BCUT2D eigenvalue weighted by molar-refractivity contribution is 0.321. The smallest absolute Gasteiger partial charge is 0.130 e. The summed E-state index contributed by atoms with van der Waals surface area (Å²) in [6, 6.07) is 5.04. The van der Waals surface area contributed by atoms with Gasteiger partial charge in [0.15, 0.2) is 0 Å². The van der Waals surface area contributed by atoms with Gasteiger partial charge in [-0.3, -0.25) is 0 Å². The molecule has 0 N–H and O–H groups in total. The quantitative estimate of drug-likeness (QED) is 0.677. The van der Waals surface area contributed by atoms with E-state index in [1.807, 2.05) is 13.0 Å². The average molecular weight is 231 g/mol. The Morgan fingerprint density at radius 2 is 2.25 bits per heavy atom. The van der Waals surface area contributed by atoms with E-state index in [-0.39, 0.29) is 11.4 Å². The minimum atomic E-state index is -0.370. The van der Waals surface area contributed by atoms with Crippen LogP contribution in [0.1, 0.15) is 12.5 Å². The van der Waals surface area contributed by atoms with Crippen molar-refractivity contribution in [3.05, 3.63) is 34.1 Å². The summed E-state index contributed by atoms with van der Waals surface area (Å²) in [5.74, 6) is -0.204. The maximum atomic E-state index is 13.3. The van der Waals surface area contributed by atoms with Crippen molar-refractivity contribution >= 4 is 15.9 Å². The van der Waals surface area contributed by atoms with Crippen LogP contribution in [0, 0.1) is 5.82 Å². The van der Waals surface area contributed by atoms with Gasteiger partial charge in [-0.05, 0) is 19.1 Å². The highest BCUT2D eigenvalue weighted by atomic mass is 79.9. The molecule has 3 heteroatoms. The van der Waals surface area contributed by atoms with Crippen molar-refractivity contribution in [1.82, 2.24) is 0 Å². The van der Waals surface area contributed by atoms with E-state index in [4.69, 9.17) is 4.74 Å². The summed E-state index contributed by atoms with van der Waals surface area (Å²) in [6.45, 7) is 2.50. The summed E-state index contributed by atoms with van der Waals surface area (Å²) in [6.07, 6.45) is 0. The third-order valence-corrected chi connectivity index (χ3v) is 2.57. The molecule has 0 amide bonds. The molecule has 1 aliphatic heterocycles. The number of hydrogen-bond acceptors (Lipinski definition) is 1. The van der Waals surface area contributed by atoms with Crippen LogP contribution >= 0.6 is 15.9 Å². The topological polar surface area (TPSA) is 12.5 Å². The first-order valence-electron chi connectivity index (χ1n) is 3.71. The number of benzene rings is 1. The fourth-order valence-electron chi connectivity index (χ4n) is 1.18. The van der Waals surface area contributed by atoms with E-state index in [1.54, 1.807) is 6.07 Å². The molecule has 0 aromatic heterocycles. The van der Waals surface area contributed by atoms with Gasteiger partial charge in [-0.2, -0.15) is 0 Å². The Kier molecular flexibility index (Phi) is 1.73. The van der Waals surface area contributed by atoms with E-state index in [0.717, 1.165) is 4.47 Å². The number of hydrogen-bond donors (Lipinski definition) is 0. The monoisotopic (exact) mass is 230 g/mol. The van der Waals surface area contributed by atoms with E-state index in [2.05, 4.69) is 15.9 Å². The molecule has 0 aliphatic carbocycles. The van der Waals surface area contributed by atoms with Gasteiger partial charge in [-0.15, -0.1) is 0 Å². The Morgan fingerprint density at radius 3 is 2.75 bits per heavy atom. The van der Waals surface area contributed by atoms with E-state index in [1.165, 1.54) is 6.07 Å². The van der Waals surface area contributed by atoms with Crippen LogP contribution in [0.3, 0.4) is 0 Å². The molecule has 1 aliphatic rings. The molecule has 64 valence electrons. The zero-order valence-corrected chi connectivity index (χ0v) is 8.19. The van der Waals surface area contributed by atoms with Crippen molar-refractivity contribution in [3.8, 4) is 0 Å². The highest BCUT2D eigenvalue weighted by Gasteiger charge is 2.43. The van der Waals surface area contributed by atoms with Crippen LogP contribution in [-0.2, 0) is 10.3 Å². The maximum Gasteiger partial charge on any atom is 0.130 e. The number of epoxide rings is 1. The van der Waals surface area contributed by atoms with Gasteiger partial charge in [-0.25, -0.2) is 4.39 Å². The zero-order valence-electron chi connectivity index (χ0n) is 6.60. The highest BCUT2D eigenvalue weighted by Crippen LogP contribution is 2.39. The number of ether oxygens (including phenoxy) is 1. The lowest BCUT2D eigenvalue weighted by Crippen LogP contribution is -2.04. The van der Waals surface area contributed by atoms with Gasteiger partial charge in [0, 0.05) is 10.0 Å². The number of halogens is 2. The van der Waals surface area contributed by atoms with Crippen molar-refractivity contribution in [2.75, 3.05) is 6.61 Å². The predicted molar refractivity (Wildman–Crippen MR) is 47.4 cm³/mol. The molecule has 0 spiro atoms. The summed E-state index contributed by atoms with van der Waals surface area (Å²) in [5.41, 5.74) is 0.274. The van der Waals surface area contributed by atoms with Gasteiger partial charge in [0.05, 0.1) is 6.61 Å². The molecule has 0 radical (unpaired) electrons. The van der Waals surface area contributed by atoms with Gasteiger partial charge in [0.1, 0.15) is 11.4 Å². The van der Waals surface area contributed by atoms with Crippen LogP contribution in [0.4, 0.5) is 4.39 Å². The van der Waals surface area contributed by atoms with Crippen LogP contribution in [0.5, 0.6) is 0 Å². The second kappa shape index (κ2) is 2.54. The molecule has 2 rings (SSSR count). The molecule has 0 saturated carbocycles. The van der Waals surface area contributed by atoms with Crippen LogP contribution in [0.2, 0.25) is 0 Å². The summed E-state index contributed by atoms with van der Waals surface area (Å²) in [7, 11) is 0. The van der Waals surface area contributed by atoms with Gasteiger partial charge in [0.25, 0.3) is 0 Å². The molecule has 1 nitrogen and oxygen atoms in total. The van der Waals surface area contributed by atoms with Gasteiger partial charge < -0.3 is 4.74 Å². The first-order chi connectivity index (χ1) is 5.62. The van der Waals surface area contributed by atoms with Crippen molar-refractivity contribution in [2.45, 2.75) is 12.5 Å². The lowest BCUT2D eigenvalue weighted by atomic mass is 10.0. The fourth-order valence-corrected chi connectivity index (χ4v) is 1.52. The Balaban J connectivity index is 2.45. The molecule has 1 heterocycles. The Hall–Kier alpha value is -0.410. The highest BCUT2D eigenvalue weighted by molar-refractivity contribution is 9.10. The van der Waals surface area contributed by atoms with Crippen LogP contribution in [0.15, 0.2) is 22.7 Å². The molecule has 1 aromatic rings. The fraction of sp³-hybridized carbons (Fsp3) is 0.333. The first kappa shape index (κ1) is 8.20. The molecular weight excluding hydrogens is 223 g/mol. The molecule has 0 unspecified atom stereocenters. The molecular formula is C9H8BrFO. The Morgan fingerprint density at radius 1 is 1.58 bits per heavy atom. The van der Waals surface area contributed by atoms with E-state index < -0.39 is 0 Å². The van der Waals surface area contributed by atoms with Gasteiger partial charge in [-0.1, -0.05) is 22.0 Å². The average Bonchev–Trinajstić information content (AvgIpc) is 2.68. The maximum absolute atomic E-state index is 13.3. The summed E-state index contributed by atoms with van der Waals surface area (Å²) in [5, 5.41) is 0. The van der Waals surface area contributed by atoms with E-state index in [9.17, 15) is 4.39 Å². The van der Waals surface area contributed by atoms with Crippen LogP contribution in [0.25, 0.3) is 0 Å². The third-order valence-electron chi connectivity index (χ3n) is 2.08. The van der Waals surface area contributed by atoms with Crippen molar-refractivity contribution in [2.24, 2.45) is 0 Å². The minimum absolute atomic E-state index is 0.204. The predicted octanol–water partition coefficient (Wildman–Crippen LogP) is 2.83. The van der Waals surface area contributed by atoms with Crippen LogP contribution in [-0.4, -0.2) is 6.61 Å². The summed E-state index contributed by atoms with van der Waals surface area (Å²) >= 11 is 3.20. The largest absolute Gasteiger partial charge is 0.365 e. The first-order valence-corrected chi connectivity index (χ1v) is 4.51. The van der Waals surface area contributed by atoms with E-state index >= 15 is 0 Å². The van der Waals surface area contributed by atoms with E-state index in [0.29, 0.717) is 12.2 Å². The standard InChI is InChI=1S/C9H8BrFO/c1-9(5-12-9)7-3-2-6(10)4-8(7)11/h2-4H,5H2,1H3/t9-/m1/s1. The molecule has 1 fully saturated rings. The summed E-state index contributed by atoms with van der Waals surface area (Å²) in [4.78, 5) is 0. The Bertz CT molecular complexity index is 320. The second-order valence-corrected chi connectivity index (χ2v) is 4.06. The zero-order chi connectivity index (χ0) is 8.77. The second-order valence-electron chi connectivity index (χ2n) is 3.14. The van der Waals surface area contributed by atoms with Gasteiger partial charge >= 0.3 is 0 Å². The van der Waals surface area contributed by atoms with Crippen molar-refractivity contribution in [3.63, 3.8) is 0 Å². The molecule has 12 heavy (non-hydrogen) atoms. The molecule has 1 aromatic carbocycles. The molecule has 0 bridgehead atoms. The normalized spacial score (nSPS) is 27.2. The lowest BCUT2D eigenvalue weighted by Gasteiger charge is -2.06. The third kappa shape index (κ3) is 1.27. The minimum Gasteiger partial charge on any atom is -0.365 e. The number of rotatable bonds is 1. The Labute approximate surface area is 78.7 Å². The molecule has 1 atom stereocenters. The van der Waals surface area contributed by atoms with Crippen molar-refractivity contribution in [1.29, 1.82) is 0 Å². The van der Waals surface area contributed by atoms with Gasteiger partial charge in [0.2, 0.25) is 0 Å². The van der Waals surface area contributed by atoms with Crippen LogP contribution < -0.4 is 0 Å².